The van der Waals surface area contributed by atoms with Crippen molar-refractivity contribution in [1.29, 1.82) is 0 Å². The molecule has 150 valence electrons. The number of benzene rings is 2. The SMILES string of the molecule is C=C1c2ccccc2S/C=C\c2oc3ccc(SOC(C)(C)C(C)(C)O)cc3c21. The molecule has 3 nitrogen and oxygen atoms in total. The van der Waals surface area contributed by atoms with E-state index in [9.17, 15) is 5.11 Å². The van der Waals surface area contributed by atoms with Crippen molar-refractivity contribution in [2.45, 2.75) is 48.7 Å². The third kappa shape index (κ3) is 3.80. The van der Waals surface area contributed by atoms with E-state index in [0.29, 0.717) is 0 Å². The Morgan fingerprint density at radius 3 is 2.62 bits per heavy atom. The predicted molar refractivity (Wildman–Crippen MR) is 123 cm³/mol. The Morgan fingerprint density at radius 2 is 1.86 bits per heavy atom. The lowest BCUT2D eigenvalue weighted by Crippen LogP contribution is -2.45. The molecule has 0 bridgehead atoms. The summed E-state index contributed by atoms with van der Waals surface area (Å²) in [7, 11) is 0. The molecule has 5 heteroatoms. The molecule has 0 atom stereocenters. The van der Waals surface area contributed by atoms with E-state index in [4.69, 9.17) is 8.60 Å². The molecule has 1 aliphatic heterocycles. The molecule has 0 aliphatic carbocycles. The molecule has 2 aromatic carbocycles. The van der Waals surface area contributed by atoms with Gasteiger partial charge >= 0.3 is 0 Å². The summed E-state index contributed by atoms with van der Waals surface area (Å²) >= 11 is 2.93. The fourth-order valence-corrected chi connectivity index (χ4v) is 4.56. The van der Waals surface area contributed by atoms with Crippen LogP contribution in [0.4, 0.5) is 0 Å². The molecule has 1 N–H and O–H groups in total. The van der Waals surface area contributed by atoms with Gasteiger partial charge in [-0.15, -0.1) is 0 Å². The van der Waals surface area contributed by atoms with E-state index in [0.717, 1.165) is 38.3 Å². The first-order valence-electron chi connectivity index (χ1n) is 9.44. The van der Waals surface area contributed by atoms with Gasteiger partial charge in [-0.05, 0) is 74.6 Å². The van der Waals surface area contributed by atoms with Gasteiger partial charge in [0.25, 0.3) is 0 Å². The van der Waals surface area contributed by atoms with Crippen LogP contribution < -0.4 is 0 Å². The average Bonchev–Trinajstić information content (AvgIpc) is 3.01. The van der Waals surface area contributed by atoms with Gasteiger partial charge in [0, 0.05) is 32.8 Å². The molecule has 0 unspecified atom stereocenters. The fraction of sp³-hybridized carbons (Fsp3) is 0.250. The number of hydrogen-bond donors (Lipinski definition) is 1. The molecule has 0 radical (unpaired) electrons. The van der Waals surface area contributed by atoms with Crippen LogP contribution in [-0.2, 0) is 4.18 Å². The Hall–Kier alpha value is -1.92. The Balaban J connectivity index is 1.75. The third-order valence-electron chi connectivity index (χ3n) is 5.43. The van der Waals surface area contributed by atoms with Crippen LogP contribution in [0.15, 0.2) is 68.7 Å². The minimum atomic E-state index is -0.963. The Morgan fingerprint density at radius 1 is 1.10 bits per heavy atom. The van der Waals surface area contributed by atoms with Gasteiger partial charge in [-0.25, -0.2) is 0 Å². The van der Waals surface area contributed by atoms with Crippen LogP contribution in [0.3, 0.4) is 0 Å². The molecule has 1 aliphatic rings. The monoisotopic (exact) mass is 424 g/mol. The zero-order chi connectivity index (χ0) is 20.8. The molecule has 0 spiro atoms. The Kier molecular flexibility index (Phi) is 5.20. The summed E-state index contributed by atoms with van der Waals surface area (Å²) in [5.74, 6) is 0.812. The quantitative estimate of drug-likeness (QED) is 0.451. The summed E-state index contributed by atoms with van der Waals surface area (Å²) in [6, 6.07) is 14.3. The first-order valence-corrected chi connectivity index (χ1v) is 11.1. The first kappa shape index (κ1) is 20.4. The van der Waals surface area contributed by atoms with E-state index < -0.39 is 11.2 Å². The van der Waals surface area contributed by atoms with Crippen LogP contribution >= 0.6 is 23.8 Å². The lowest BCUT2D eigenvalue weighted by atomic mass is 9.90. The maximum absolute atomic E-state index is 10.3. The largest absolute Gasteiger partial charge is 0.456 e. The molecule has 0 fully saturated rings. The van der Waals surface area contributed by atoms with Crippen molar-refractivity contribution in [3.8, 4) is 0 Å². The fourth-order valence-electron chi connectivity index (χ4n) is 2.95. The van der Waals surface area contributed by atoms with Crippen molar-refractivity contribution in [2.24, 2.45) is 0 Å². The number of hydrogen-bond acceptors (Lipinski definition) is 5. The second kappa shape index (κ2) is 7.40. The van der Waals surface area contributed by atoms with Gasteiger partial charge in [0.15, 0.2) is 0 Å². The topological polar surface area (TPSA) is 42.6 Å². The molecule has 29 heavy (non-hydrogen) atoms. The number of furan rings is 1. The molecule has 4 rings (SSSR count). The van der Waals surface area contributed by atoms with Gasteiger partial charge in [-0.1, -0.05) is 36.5 Å². The van der Waals surface area contributed by atoms with Crippen LogP contribution in [0.1, 0.15) is 44.6 Å². The van der Waals surface area contributed by atoms with E-state index in [1.54, 1.807) is 25.6 Å². The van der Waals surface area contributed by atoms with E-state index in [2.05, 4.69) is 30.2 Å². The molecular weight excluding hydrogens is 400 g/mol. The van der Waals surface area contributed by atoms with Gasteiger partial charge < -0.3 is 13.7 Å². The van der Waals surface area contributed by atoms with Crippen LogP contribution in [0.2, 0.25) is 0 Å². The second-order valence-corrected chi connectivity index (χ2v) is 9.88. The van der Waals surface area contributed by atoms with E-state index in [-0.39, 0.29) is 0 Å². The molecule has 2 heterocycles. The molecule has 1 aromatic heterocycles. The van der Waals surface area contributed by atoms with Gasteiger partial charge in [0.05, 0.1) is 5.60 Å². The summed E-state index contributed by atoms with van der Waals surface area (Å²) < 4.78 is 12.1. The summed E-state index contributed by atoms with van der Waals surface area (Å²) in [5.41, 5.74) is 2.22. The third-order valence-corrected chi connectivity index (χ3v) is 7.26. The molecule has 0 saturated heterocycles. The van der Waals surface area contributed by atoms with Crippen LogP contribution in [0.5, 0.6) is 0 Å². The van der Waals surface area contributed by atoms with Crippen molar-refractivity contribution in [3.05, 3.63) is 71.3 Å². The van der Waals surface area contributed by atoms with Crippen molar-refractivity contribution < 1.29 is 13.7 Å². The number of thioether (sulfide) groups is 1. The van der Waals surface area contributed by atoms with Crippen molar-refractivity contribution in [1.82, 2.24) is 0 Å². The smallest absolute Gasteiger partial charge is 0.136 e. The maximum atomic E-state index is 10.3. The Labute approximate surface area is 180 Å². The van der Waals surface area contributed by atoms with E-state index in [1.807, 2.05) is 44.2 Å². The highest BCUT2D eigenvalue weighted by Crippen LogP contribution is 2.42. The number of rotatable bonds is 4. The van der Waals surface area contributed by atoms with Crippen molar-refractivity contribution >= 4 is 46.4 Å². The highest BCUT2D eigenvalue weighted by atomic mass is 32.2. The van der Waals surface area contributed by atoms with Crippen LogP contribution in [0, 0.1) is 0 Å². The van der Waals surface area contributed by atoms with E-state index >= 15 is 0 Å². The highest BCUT2D eigenvalue weighted by molar-refractivity contribution is 8.02. The normalized spacial score (nSPS) is 15.6. The summed E-state index contributed by atoms with van der Waals surface area (Å²) in [6.07, 6.45) is 2.00. The number of fused-ring (bicyclic) bond motifs is 4. The van der Waals surface area contributed by atoms with Gasteiger partial charge in [0.1, 0.15) is 16.9 Å². The maximum Gasteiger partial charge on any atom is 0.136 e. The van der Waals surface area contributed by atoms with Gasteiger partial charge in [0.2, 0.25) is 0 Å². The molecular formula is C24H24O3S2. The lowest BCUT2D eigenvalue weighted by molar-refractivity contribution is -0.0813. The standard InChI is InChI=1S/C24H24O3S2/c1-15-17-8-6-7-9-21(17)28-13-12-20-22(15)18-14-16(10-11-19(18)26-20)29-27-24(4,5)23(2,3)25/h6-14,25H,1H2,2-5H3/b13-12-. The summed E-state index contributed by atoms with van der Waals surface area (Å²) in [4.78, 5) is 2.12. The second-order valence-electron chi connectivity index (χ2n) is 8.13. The minimum absolute atomic E-state index is 0.708. The summed E-state index contributed by atoms with van der Waals surface area (Å²) in [5, 5.41) is 13.4. The minimum Gasteiger partial charge on any atom is -0.456 e. The highest BCUT2D eigenvalue weighted by Gasteiger charge is 2.37. The van der Waals surface area contributed by atoms with Crippen LogP contribution in [0.25, 0.3) is 22.6 Å². The van der Waals surface area contributed by atoms with Gasteiger partial charge in [-0.2, -0.15) is 0 Å². The zero-order valence-electron chi connectivity index (χ0n) is 17.0. The molecule has 3 aromatic rings. The lowest BCUT2D eigenvalue weighted by Gasteiger charge is -2.35. The van der Waals surface area contributed by atoms with Crippen molar-refractivity contribution in [2.75, 3.05) is 0 Å². The summed E-state index contributed by atoms with van der Waals surface area (Å²) in [6.45, 7) is 11.7. The van der Waals surface area contributed by atoms with Crippen molar-refractivity contribution in [3.63, 3.8) is 0 Å². The van der Waals surface area contributed by atoms with E-state index in [1.165, 1.54) is 16.9 Å². The average molecular weight is 425 g/mol. The van der Waals surface area contributed by atoms with Gasteiger partial charge in [-0.3, -0.25) is 0 Å². The molecule has 0 amide bonds. The predicted octanol–water partition coefficient (Wildman–Crippen LogP) is 7.14. The van der Waals surface area contributed by atoms with Crippen LogP contribution in [-0.4, -0.2) is 16.3 Å². The molecule has 0 saturated carbocycles. The zero-order valence-corrected chi connectivity index (χ0v) is 18.6. The Bertz CT molecular complexity index is 1120. The number of aliphatic hydroxyl groups is 1. The first-order chi connectivity index (χ1) is 13.7.